The predicted octanol–water partition coefficient (Wildman–Crippen LogP) is 1.59. The molecule has 1 aliphatic carbocycles. The molecule has 3 aliphatic rings. The van der Waals surface area contributed by atoms with E-state index in [0.717, 1.165) is 0 Å². The van der Waals surface area contributed by atoms with Crippen molar-refractivity contribution in [2.24, 2.45) is 5.92 Å². The van der Waals surface area contributed by atoms with Gasteiger partial charge >= 0.3 is 0 Å². The van der Waals surface area contributed by atoms with Crippen molar-refractivity contribution in [1.29, 1.82) is 0 Å². The van der Waals surface area contributed by atoms with Gasteiger partial charge in [0.15, 0.2) is 9.84 Å². The third-order valence-corrected chi connectivity index (χ3v) is 7.16. The molecule has 3 unspecified atom stereocenters. The number of carbonyl (C=O) groups is 1. The van der Waals surface area contributed by atoms with Crippen molar-refractivity contribution in [3.05, 3.63) is 35.9 Å². The number of carbonyl (C=O) groups excluding carboxylic acids is 1. The van der Waals surface area contributed by atoms with E-state index in [0.29, 0.717) is 25.5 Å². The molecule has 3 fully saturated rings. The van der Waals surface area contributed by atoms with Crippen molar-refractivity contribution in [1.82, 2.24) is 4.90 Å². The fraction of sp³-hybridized carbons (Fsp3) is 0.611. The molecule has 1 aromatic rings. The van der Waals surface area contributed by atoms with E-state index < -0.39 is 9.84 Å². The highest BCUT2D eigenvalue weighted by Crippen LogP contribution is 2.45. The van der Waals surface area contributed by atoms with Gasteiger partial charge in [-0.25, -0.2) is 8.42 Å². The number of hydrogen-bond donors (Lipinski definition) is 0. The second-order valence-corrected chi connectivity index (χ2v) is 9.35. The molecule has 2 saturated heterocycles. The molecule has 4 rings (SSSR count). The van der Waals surface area contributed by atoms with E-state index >= 15 is 0 Å². The number of amides is 1. The van der Waals surface area contributed by atoms with E-state index in [1.165, 1.54) is 18.4 Å². The number of nitrogens with zero attached hydrogens (tertiary/aromatic N) is 1. The van der Waals surface area contributed by atoms with E-state index in [1.807, 2.05) is 18.2 Å². The summed E-state index contributed by atoms with van der Waals surface area (Å²) >= 11 is 0. The number of hydrogen-bond acceptors (Lipinski definition) is 4. The van der Waals surface area contributed by atoms with Crippen molar-refractivity contribution < 1.29 is 17.9 Å². The van der Waals surface area contributed by atoms with Crippen LogP contribution in [0.3, 0.4) is 0 Å². The van der Waals surface area contributed by atoms with Crippen molar-refractivity contribution in [3.8, 4) is 0 Å². The van der Waals surface area contributed by atoms with Gasteiger partial charge in [0.2, 0.25) is 5.91 Å². The van der Waals surface area contributed by atoms with Gasteiger partial charge in [-0.15, -0.1) is 0 Å². The Hall–Kier alpha value is -1.40. The Morgan fingerprint density at radius 1 is 1.21 bits per heavy atom. The van der Waals surface area contributed by atoms with Crippen LogP contribution >= 0.6 is 0 Å². The molecule has 1 aromatic carbocycles. The van der Waals surface area contributed by atoms with Crippen LogP contribution in [0.5, 0.6) is 0 Å². The van der Waals surface area contributed by atoms with Crippen LogP contribution in [0.25, 0.3) is 0 Å². The van der Waals surface area contributed by atoms with Crippen LogP contribution in [0.2, 0.25) is 0 Å². The van der Waals surface area contributed by atoms with Crippen LogP contribution in [-0.4, -0.2) is 56.0 Å². The summed E-state index contributed by atoms with van der Waals surface area (Å²) in [7, 11) is -3.10. The first kappa shape index (κ1) is 16.1. The number of morpholine rings is 1. The highest BCUT2D eigenvalue weighted by atomic mass is 32.2. The van der Waals surface area contributed by atoms with Gasteiger partial charge in [0.1, 0.15) is 0 Å². The molecule has 3 atom stereocenters. The molecule has 1 saturated carbocycles. The molecule has 5 nitrogen and oxygen atoms in total. The Bertz CT molecular complexity index is 714. The zero-order valence-electron chi connectivity index (χ0n) is 13.6. The lowest BCUT2D eigenvalue weighted by Crippen LogP contribution is -2.53. The summed E-state index contributed by atoms with van der Waals surface area (Å²) in [6, 6.07) is 9.92. The average molecular weight is 349 g/mol. The monoisotopic (exact) mass is 349 g/mol. The van der Waals surface area contributed by atoms with Gasteiger partial charge in [-0.3, -0.25) is 4.79 Å². The number of rotatable bonds is 4. The minimum Gasteiger partial charge on any atom is -0.373 e. The van der Waals surface area contributed by atoms with Gasteiger partial charge in [-0.2, -0.15) is 0 Å². The zero-order valence-corrected chi connectivity index (χ0v) is 14.5. The van der Waals surface area contributed by atoms with Gasteiger partial charge in [0.05, 0.1) is 30.3 Å². The number of sulfone groups is 1. The fourth-order valence-electron chi connectivity index (χ4n) is 4.09. The molecule has 0 aromatic heterocycles. The SMILES string of the molecule is O=C(CC(c1ccccc1)C1CC1)N1CCOC2CS(=O)(=O)CC21. The first-order valence-corrected chi connectivity index (χ1v) is 10.5. The maximum atomic E-state index is 12.9. The lowest BCUT2D eigenvalue weighted by Gasteiger charge is -2.37. The molecule has 1 amide bonds. The summed E-state index contributed by atoms with van der Waals surface area (Å²) in [5, 5.41) is 0. The van der Waals surface area contributed by atoms with E-state index in [4.69, 9.17) is 4.74 Å². The van der Waals surface area contributed by atoms with Crippen LogP contribution in [0.4, 0.5) is 0 Å². The molecule has 2 aliphatic heterocycles. The Labute approximate surface area is 142 Å². The van der Waals surface area contributed by atoms with Crippen molar-refractivity contribution in [3.63, 3.8) is 0 Å². The zero-order chi connectivity index (χ0) is 16.7. The molecule has 6 heteroatoms. The van der Waals surface area contributed by atoms with Crippen LogP contribution in [-0.2, 0) is 19.4 Å². The highest BCUT2D eigenvalue weighted by Gasteiger charge is 2.46. The second-order valence-electron chi connectivity index (χ2n) is 7.20. The van der Waals surface area contributed by atoms with Crippen LogP contribution in [0.1, 0.15) is 30.7 Å². The van der Waals surface area contributed by atoms with Crippen molar-refractivity contribution in [2.45, 2.75) is 37.3 Å². The standard InChI is InChI=1S/C18H23NO4S/c20-18(10-15(14-6-7-14)13-4-2-1-3-5-13)19-8-9-23-17-12-24(21,22)11-16(17)19/h1-5,14-17H,6-12H2. The molecule has 0 bridgehead atoms. The summed E-state index contributed by atoms with van der Waals surface area (Å²) in [5.41, 5.74) is 1.22. The van der Waals surface area contributed by atoms with Gasteiger partial charge in [-0.1, -0.05) is 30.3 Å². The van der Waals surface area contributed by atoms with Gasteiger partial charge in [0.25, 0.3) is 0 Å². The second kappa shape index (κ2) is 6.15. The van der Waals surface area contributed by atoms with Crippen molar-refractivity contribution in [2.75, 3.05) is 24.7 Å². The Kier molecular flexibility index (Phi) is 4.12. The minimum atomic E-state index is -3.10. The van der Waals surface area contributed by atoms with Crippen LogP contribution in [0.15, 0.2) is 30.3 Å². The fourth-order valence-corrected chi connectivity index (χ4v) is 5.96. The molecule has 2 heterocycles. The smallest absolute Gasteiger partial charge is 0.223 e. The largest absolute Gasteiger partial charge is 0.373 e. The Balaban J connectivity index is 1.50. The third-order valence-electron chi connectivity index (χ3n) is 5.47. The van der Waals surface area contributed by atoms with E-state index in [9.17, 15) is 13.2 Å². The first-order chi connectivity index (χ1) is 11.5. The molecule has 0 N–H and O–H groups in total. The van der Waals surface area contributed by atoms with Crippen LogP contribution < -0.4 is 0 Å². The maximum absolute atomic E-state index is 12.9. The van der Waals surface area contributed by atoms with E-state index in [-0.39, 0.29) is 35.5 Å². The minimum absolute atomic E-state index is 0.0445. The molecule has 0 spiro atoms. The van der Waals surface area contributed by atoms with Crippen LogP contribution in [0, 0.1) is 5.92 Å². The van der Waals surface area contributed by atoms with Crippen molar-refractivity contribution >= 4 is 15.7 Å². The number of benzene rings is 1. The predicted molar refractivity (Wildman–Crippen MR) is 90.4 cm³/mol. The molecular weight excluding hydrogens is 326 g/mol. The topological polar surface area (TPSA) is 63.7 Å². The summed E-state index contributed by atoms with van der Waals surface area (Å²) in [6.07, 6.45) is 2.48. The average Bonchev–Trinajstić information content (AvgIpc) is 3.34. The third kappa shape index (κ3) is 3.22. The number of fused-ring (bicyclic) bond motifs is 1. The summed E-state index contributed by atoms with van der Waals surface area (Å²) in [6.45, 7) is 0.934. The lowest BCUT2D eigenvalue weighted by molar-refractivity contribution is -0.143. The highest BCUT2D eigenvalue weighted by molar-refractivity contribution is 7.91. The van der Waals surface area contributed by atoms with E-state index in [1.54, 1.807) is 4.90 Å². The summed E-state index contributed by atoms with van der Waals surface area (Å²) in [5.74, 6) is 0.999. The molecule has 0 radical (unpaired) electrons. The maximum Gasteiger partial charge on any atom is 0.223 e. The normalized spacial score (nSPS) is 29.9. The van der Waals surface area contributed by atoms with Gasteiger partial charge in [-0.05, 0) is 30.2 Å². The molecule has 24 heavy (non-hydrogen) atoms. The lowest BCUT2D eigenvalue weighted by atomic mass is 9.90. The molecule has 130 valence electrons. The molecular formula is C18H23NO4S. The number of ether oxygens (including phenoxy) is 1. The van der Waals surface area contributed by atoms with Gasteiger partial charge in [0, 0.05) is 13.0 Å². The van der Waals surface area contributed by atoms with Gasteiger partial charge < -0.3 is 9.64 Å². The summed E-state index contributed by atoms with van der Waals surface area (Å²) in [4.78, 5) is 14.7. The Morgan fingerprint density at radius 2 is 1.96 bits per heavy atom. The Morgan fingerprint density at radius 3 is 2.67 bits per heavy atom. The van der Waals surface area contributed by atoms with E-state index in [2.05, 4.69) is 12.1 Å². The summed E-state index contributed by atoms with van der Waals surface area (Å²) < 4.78 is 29.4. The quantitative estimate of drug-likeness (QED) is 0.828. The first-order valence-electron chi connectivity index (χ1n) is 8.70.